The third-order valence-corrected chi connectivity index (χ3v) is 6.21. The maximum atomic E-state index is 13.4. The van der Waals surface area contributed by atoms with Crippen molar-refractivity contribution in [2.24, 2.45) is 0 Å². The van der Waals surface area contributed by atoms with Crippen LogP contribution in [0.15, 0.2) is 53.5 Å². The van der Waals surface area contributed by atoms with Crippen LogP contribution >= 0.6 is 11.6 Å². The summed E-state index contributed by atoms with van der Waals surface area (Å²) in [5, 5.41) is 1.37. The average molecular weight is 440 g/mol. The fourth-order valence-electron chi connectivity index (χ4n) is 4.29. The number of hydrogen-bond acceptors (Lipinski definition) is 5. The highest BCUT2D eigenvalue weighted by Crippen LogP contribution is 2.31. The van der Waals surface area contributed by atoms with Crippen molar-refractivity contribution in [2.75, 3.05) is 26.3 Å². The number of likely N-dealkylation sites (tertiary alicyclic amines) is 1. The van der Waals surface area contributed by atoms with Gasteiger partial charge in [-0.3, -0.25) is 14.2 Å². The van der Waals surface area contributed by atoms with Crippen LogP contribution in [0.3, 0.4) is 0 Å². The van der Waals surface area contributed by atoms with Crippen molar-refractivity contribution in [3.05, 3.63) is 75.2 Å². The zero-order chi connectivity index (χ0) is 21.4. The molecule has 1 aromatic carbocycles. The number of halogens is 1. The second-order valence-corrected chi connectivity index (χ2v) is 8.33. The van der Waals surface area contributed by atoms with Crippen LogP contribution in [-0.4, -0.2) is 52.4 Å². The molecule has 2 aliphatic rings. The van der Waals surface area contributed by atoms with Crippen molar-refractivity contribution in [1.82, 2.24) is 14.5 Å². The molecule has 7 nitrogen and oxygen atoms in total. The van der Waals surface area contributed by atoms with Crippen molar-refractivity contribution in [3.63, 3.8) is 0 Å². The van der Waals surface area contributed by atoms with Gasteiger partial charge in [0, 0.05) is 42.5 Å². The molecule has 0 atom stereocenters. The van der Waals surface area contributed by atoms with Crippen LogP contribution < -0.4 is 5.56 Å². The molecule has 31 heavy (non-hydrogen) atoms. The van der Waals surface area contributed by atoms with Gasteiger partial charge in [0.25, 0.3) is 11.5 Å². The van der Waals surface area contributed by atoms with Crippen LogP contribution in [0.2, 0.25) is 5.02 Å². The molecule has 8 heteroatoms. The molecule has 4 heterocycles. The Morgan fingerprint density at radius 2 is 1.81 bits per heavy atom. The van der Waals surface area contributed by atoms with Crippen LogP contribution in [0.25, 0.3) is 11.0 Å². The van der Waals surface area contributed by atoms with Crippen LogP contribution in [0.1, 0.15) is 28.8 Å². The Balaban J connectivity index is 1.49. The molecular formula is C23H22ClN3O4. The van der Waals surface area contributed by atoms with E-state index in [0.717, 1.165) is 10.9 Å². The summed E-state index contributed by atoms with van der Waals surface area (Å²) in [6, 6.07) is 12.6. The summed E-state index contributed by atoms with van der Waals surface area (Å²) in [7, 11) is 0. The van der Waals surface area contributed by atoms with Gasteiger partial charge in [-0.1, -0.05) is 23.7 Å². The minimum Gasteiger partial charge on any atom is -0.347 e. The zero-order valence-corrected chi connectivity index (χ0v) is 17.7. The topological polar surface area (TPSA) is 73.7 Å². The quantitative estimate of drug-likeness (QED) is 0.627. The van der Waals surface area contributed by atoms with E-state index in [9.17, 15) is 9.59 Å². The van der Waals surface area contributed by atoms with Gasteiger partial charge in [0.15, 0.2) is 5.79 Å². The summed E-state index contributed by atoms with van der Waals surface area (Å²) in [5.41, 5.74) is 1.25. The number of fused-ring (bicyclic) bond motifs is 1. The van der Waals surface area contributed by atoms with Gasteiger partial charge < -0.3 is 14.4 Å². The maximum Gasteiger partial charge on any atom is 0.265 e. The van der Waals surface area contributed by atoms with Gasteiger partial charge in [-0.15, -0.1) is 0 Å². The van der Waals surface area contributed by atoms with E-state index in [1.807, 2.05) is 18.2 Å². The number of nitrogens with zero attached hydrogens (tertiary/aromatic N) is 3. The monoisotopic (exact) mass is 439 g/mol. The first-order valence-corrected chi connectivity index (χ1v) is 10.7. The van der Waals surface area contributed by atoms with Gasteiger partial charge in [-0.2, -0.15) is 0 Å². The minimum absolute atomic E-state index is 0.152. The Labute approximate surface area is 184 Å². The molecule has 0 saturated carbocycles. The normalized spacial score (nSPS) is 18.0. The standard InChI is InChI=1S/C23H22ClN3O4/c24-18-5-3-16(4-6-18)15-27-20-17(2-1-9-25-20)14-19(22(27)29)21(28)26-10-7-23(8-11-26)30-12-13-31-23/h1-6,9,14H,7-8,10-13,15H2. The van der Waals surface area contributed by atoms with Gasteiger partial charge in [0.2, 0.25) is 0 Å². The van der Waals surface area contributed by atoms with Crippen molar-refractivity contribution in [1.29, 1.82) is 0 Å². The van der Waals surface area contributed by atoms with Crippen LogP contribution in [-0.2, 0) is 16.0 Å². The van der Waals surface area contributed by atoms with Gasteiger partial charge in [-0.05, 0) is 35.9 Å². The van der Waals surface area contributed by atoms with E-state index in [-0.39, 0.29) is 17.0 Å². The number of benzene rings is 1. The average Bonchev–Trinajstić information content (AvgIpc) is 3.25. The minimum atomic E-state index is -0.571. The highest BCUT2D eigenvalue weighted by Gasteiger charge is 2.41. The second-order valence-electron chi connectivity index (χ2n) is 7.89. The molecule has 160 valence electrons. The third kappa shape index (κ3) is 3.84. The lowest BCUT2D eigenvalue weighted by Crippen LogP contribution is -2.48. The smallest absolute Gasteiger partial charge is 0.265 e. The predicted molar refractivity (Wildman–Crippen MR) is 116 cm³/mol. The Morgan fingerprint density at radius 1 is 1.10 bits per heavy atom. The molecule has 0 N–H and O–H groups in total. The van der Waals surface area contributed by atoms with Gasteiger partial charge >= 0.3 is 0 Å². The first-order valence-electron chi connectivity index (χ1n) is 10.3. The van der Waals surface area contributed by atoms with Crippen LogP contribution in [0, 0.1) is 0 Å². The number of carbonyl (C=O) groups is 1. The SMILES string of the molecule is O=C(c1cc2cccnc2n(Cc2ccc(Cl)cc2)c1=O)N1CCC2(CC1)OCCO2. The molecule has 5 rings (SSSR count). The number of rotatable bonds is 3. The molecule has 2 saturated heterocycles. The molecular weight excluding hydrogens is 418 g/mol. The number of pyridine rings is 2. The summed E-state index contributed by atoms with van der Waals surface area (Å²) >= 11 is 5.99. The van der Waals surface area contributed by atoms with E-state index in [0.29, 0.717) is 56.4 Å². The zero-order valence-electron chi connectivity index (χ0n) is 16.9. The molecule has 3 aromatic rings. The number of piperidine rings is 1. The lowest BCUT2D eigenvalue weighted by molar-refractivity contribution is -0.181. The molecule has 0 bridgehead atoms. The van der Waals surface area contributed by atoms with Gasteiger partial charge in [-0.25, -0.2) is 4.98 Å². The number of carbonyl (C=O) groups excluding carboxylic acids is 1. The maximum absolute atomic E-state index is 13.4. The van der Waals surface area contributed by atoms with Crippen LogP contribution in [0.5, 0.6) is 0 Å². The molecule has 0 radical (unpaired) electrons. The van der Waals surface area contributed by atoms with E-state index in [1.165, 1.54) is 0 Å². The predicted octanol–water partition coefficient (Wildman–Crippen LogP) is 3.08. The number of hydrogen-bond donors (Lipinski definition) is 0. The van der Waals surface area contributed by atoms with Gasteiger partial charge in [0.05, 0.1) is 19.8 Å². The van der Waals surface area contributed by atoms with Crippen molar-refractivity contribution in [2.45, 2.75) is 25.2 Å². The number of ether oxygens (including phenoxy) is 2. The summed E-state index contributed by atoms with van der Waals surface area (Å²) in [5.74, 6) is -0.841. The number of amides is 1. The first kappa shape index (κ1) is 20.2. The Bertz CT molecular complexity index is 1180. The van der Waals surface area contributed by atoms with E-state index in [4.69, 9.17) is 21.1 Å². The highest BCUT2D eigenvalue weighted by atomic mass is 35.5. The Hall–Kier alpha value is -2.74. The van der Waals surface area contributed by atoms with Crippen molar-refractivity contribution < 1.29 is 14.3 Å². The Morgan fingerprint density at radius 3 is 2.52 bits per heavy atom. The fraction of sp³-hybridized carbons (Fsp3) is 0.348. The molecule has 0 unspecified atom stereocenters. The van der Waals surface area contributed by atoms with E-state index >= 15 is 0 Å². The van der Waals surface area contributed by atoms with Crippen molar-refractivity contribution in [3.8, 4) is 0 Å². The molecule has 1 amide bonds. The van der Waals surface area contributed by atoms with E-state index in [2.05, 4.69) is 4.98 Å². The summed E-state index contributed by atoms with van der Waals surface area (Å²) in [6.45, 7) is 2.44. The van der Waals surface area contributed by atoms with Crippen molar-refractivity contribution >= 4 is 28.5 Å². The summed E-state index contributed by atoms with van der Waals surface area (Å²) < 4.78 is 13.0. The second kappa shape index (κ2) is 8.07. The molecule has 2 aliphatic heterocycles. The fourth-order valence-corrected chi connectivity index (χ4v) is 4.41. The molecule has 2 aromatic heterocycles. The van der Waals surface area contributed by atoms with Crippen LogP contribution in [0.4, 0.5) is 0 Å². The van der Waals surface area contributed by atoms with E-state index < -0.39 is 5.79 Å². The lowest BCUT2D eigenvalue weighted by atomic mass is 10.0. The lowest BCUT2D eigenvalue weighted by Gasteiger charge is -2.37. The first-order chi connectivity index (χ1) is 15.0. The highest BCUT2D eigenvalue weighted by molar-refractivity contribution is 6.30. The molecule has 1 spiro atoms. The third-order valence-electron chi connectivity index (χ3n) is 5.96. The Kier molecular flexibility index (Phi) is 5.25. The largest absolute Gasteiger partial charge is 0.347 e. The van der Waals surface area contributed by atoms with Gasteiger partial charge in [0.1, 0.15) is 11.2 Å². The summed E-state index contributed by atoms with van der Waals surface area (Å²) in [6.07, 6.45) is 2.85. The summed E-state index contributed by atoms with van der Waals surface area (Å²) in [4.78, 5) is 32.8. The molecule has 2 fully saturated rings. The number of aromatic nitrogens is 2. The molecule has 0 aliphatic carbocycles. The van der Waals surface area contributed by atoms with E-state index in [1.54, 1.807) is 39.9 Å².